The molecule has 0 aliphatic heterocycles. The number of nitrogens with one attached hydrogen (secondary N) is 5. The Morgan fingerprint density at radius 3 is 2.17 bits per heavy atom. The van der Waals surface area contributed by atoms with Gasteiger partial charge in [0.05, 0.1) is 10.7 Å². The number of carbonyl (C=O) groups excluding carboxylic acids is 3. The molecule has 3 amide bonds. The first-order valence-electron chi connectivity index (χ1n) is 18.5. The highest BCUT2D eigenvalue weighted by atomic mass is 79.9. The molecule has 1 aliphatic rings. The van der Waals surface area contributed by atoms with E-state index in [0.717, 1.165) is 31.4 Å². The summed E-state index contributed by atoms with van der Waals surface area (Å²) in [4.78, 5) is 46.6. The van der Waals surface area contributed by atoms with E-state index in [1.807, 2.05) is 10.3 Å². The standard InChI is InChI=1S/C37H29BrClF7N12O6/c1-17-5-7-26(64-16-28(60)47-33-51-31(53-54-33)36(41,42)43)24(9-17)58-32(37(44,45)46)52-35(56-58)49-27(59)14-62-22-11-19(38)10-21(13-22)57-30(18-3-2-4-18)50-34(55-57)48-29(61)15-63-25-8-6-20(40)12-23(25)39/h5-13,18H,2-4,14-16H2,1H3,(H4,47,48,49,51,53,54,55,56,59,60,61)/p+1. The number of aryl methyl sites for hydroxylation is 1. The van der Waals surface area contributed by atoms with Crippen LogP contribution in [0.1, 0.15) is 48.2 Å². The number of carbonyl (C=O) groups is 3. The molecule has 0 unspecified atom stereocenters. The highest BCUT2D eigenvalue weighted by Crippen LogP contribution is 2.38. The van der Waals surface area contributed by atoms with Crippen molar-refractivity contribution in [2.24, 2.45) is 0 Å². The SMILES string of the molecule is Cc1ccc(OCC(=O)Nc2nnc(C(F)(F)F)[nH]2)c(-[n+]2nc(NC(=O)COc3cc(Br)cc(-n4nc(NC(=O)COc5ccc(F)cc5Cl)nc4C4CCC4)c3)[nH]c2C(F)(F)F)c1. The summed E-state index contributed by atoms with van der Waals surface area (Å²) in [5, 5.41) is 21.2. The Kier molecular flexibility index (Phi) is 13.1. The van der Waals surface area contributed by atoms with Gasteiger partial charge in [0.15, 0.2) is 31.3 Å². The molecular weight excluding hydrogens is 957 g/mol. The number of aromatic amines is 2. The summed E-state index contributed by atoms with van der Waals surface area (Å²) in [6, 6.07) is 12.1. The molecule has 5 N–H and O–H groups in total. The van der Waals surface area contributed by atoms with E-state index in [2.05, 4.69) is 51.9 Å². The van der Waals surface area contributed by atoms with Gasteiger partial charge in [0.25, 0.3) is 17.7 Å². The number of H-pyrrole nitrogens is 2. The largest absolute Gasteiger partial charge is 0.497 e. The molecule has 3 heterocycles. The van der Waals surface area contributed by atoms with Crippen molar-refractivity contribution in [1.29, 1.82) is 0 Å². The average Bonchev–Trinajstić information content (AvgIpc) is 3.95. The zero-order valence-corrected chi connectivity index (χ0v) is 34.8. The molecule has 336 valence electrons. The van der Waals surface area contributed by atoms with E-state index in [9.17, 15) is 45.1 Å². The Hall–Kier alpha value is -6.83. The number of hydrogen-bond acceptors (Lipinski definition) is 11. The first-order valence-corrected chi connectivity index (χ1v) is 19.7. The minimum Gasteiger partial charge on any atom is -0.484 e. The lowest BCUT2D eigenvalue weighted by Gasteiger charge is -2.24. The molecule has 3 aromatic carbocycles. The quantitative estimate of drug-likeness (QED) is 0.0545. The Morgan fingerprint density at radius 1 is 0.844 bits per heavy atom. The lowest BCUT2D eigenvalue weighted by Crippen LogP contribution is -2.41. The fraction of sp³-hybridized carbons (Fsp3) is 0.270. The molecule has 64 heavy (non-hydrogen) atoms. The summed E-state index contributed by atoms with van der Waals surface area (Å²) in [6.07, 6.45) is -7.40. The third kappa shape index (κ3) is 11.0. The maximum absolute atomic E-state index is 14.3. The molecule has 0 saturated heterocycles. The molecule has 6 aromatic rings. The van der Waals surface area contributed by atoms with Crippen molar-refractivity contribution in [1.82, 2.24) is 40.0 Å². The third-order valence-electron chi connectivity index (χ3n) is 8.97. The van der Waals surface area contributed by atoms with E-state index in [0.29, 0.717) is 26.2 Å². The molecule has 7 rings (SSSR count). The van der Waals surface area contributed by atoms with Crippen molar-refractivity contribution >= 4 is 63.1 Å². The molecule has 27 heteroatoms. The second kappa shape index (κ2) is 18.5. The van der Waals surface area contributed by atoms with E-state index in [1.165, 1.54) is 41.1 Å². The maximum Gasteiger partial charge on any atom is 0.497 e. The van der Waals surface area contributed by atoms with Gasteiger partial charge in [0.2, 0.25) is 17.7 Å². The zero-order chi connectivity index (χ0) is 45.9. The molecule has 1 saturated carbocycles. The van der Waals surface area contributed by atoms with Crippen molar-refractivity contribution in [2.45, 2.75) is 44.5 Å². The minimum absolute atomic E-state index is 0.00431. The smallest absolute Gasteiger partial charge is 0.484 e. The molecule has 1 aliphatic carbocycles. The number of aromatic nitrogens is 9. The molecule has 18 nitrogen and oxygen atoms in total. The van der Waals surface area contributed by atoms with Crippen LogP contribution in [0.15, 0.2) is 59.1 Å². The minimum atomic E-state index is -5.07. The van der Waals surface area contributed by atoms with Gasteiger partial charge in [-0.2, -0.15) is 31.3 Å². The van der Waals surface area contributed by atoms with Gasteiger partial charge in [-0.3, -0.25) is 30.3 Å². The van der Waals surface area contributed by atoms with Crippen LogP contribution in [-0.4, -0.2) is 77.6 Å². The van der Waals surface area contributed by atoms with Gasteiger partial charge in [0, 0.05) is 16.5 Å². The lowest BCUT2D eigenvalue weighted by molar-refractivity contribution is -0.676. The number of rotatable bonds is 15. The normalized spacial score (nSPS) is 13.0. The summed E-state index contributed by atoms with van der Waals surface area (Å²) in [6.45, 7) is -0.533. The maximum atomic E-state index is 14.3. The van der Waals surface area contributed by atoms with E-state index >= 15 is 0 Å². The highest BCUT2D eigenvalue weighted by molar-refractivity contribution is 9.10. The number of alkyl halides is 6. The second-order valence-electron chi connectivity index (χ2n) is 13.8. The zero-order valence-electron chi connectivity index (χ0n) is 32.5. The molecular formula is C37H30BrClF7N12O6+. The lowest BCUT2D eigenvalue weighted by atomic mass is 9.85. The monoisotopic (exact) mass is 985 g/mol. The van der Waals surface area contributed by atoms with Gasteiger partial charge in [-0.1, -0.05) is 44.7 Å². The molecule has 1 fully saturated rings. The number of benzene rings is 3. The predicted molar refractivity (Wildman–Crippen MR) is 211 cm³/mol. The van der Waals surface area contributed by atoms with Crippen molar-refractivity contribution in [3.63, 3.8) is 0 Å². The number of ether oxygens (including phenoxy) is 3. The van der Waals surface area contributed by atoms with E-state index in [-0.39, 0.29) is 39.8 Å². The summed E-state index contributed by atoms with van der Waals surface area (Å²) < 4.78 is 114. The number of halogens is 9. The first kappa shape index (κ1) is 45.2. The molecule has 0 radical (unpaired) electrons. The van der Waals surface area contributed by atoms with Crippen LogP contribution in [0.25, 0.3) is 11.4 Å². The second-order valence-corrected chi connectivity index (χ2v) is 15.1. The molecule has 3 aromatic heterocycles. The fourth-order valence-corrected chi connectivity index (χ4v) is 6.58. The van der Waals surface area contributed by atoms with Crippen LogP contribution in [-0.2, 0) is 26.7 Å². The van der Waals surface area contributed by atoms with Crippen LogP contribution in [0.3, 0.4) is 0 Å². The van der Waals surface area contributed by atoms with Gasteiger partial charge >= 0.3 is 24.1 Å². The third-order valence-corrected chi connectivity index (χ3v) is 9.72. The number of hydrogen-bond donors (Lipinski definition) is 5. The molecule has 0 bridgehead atoms. The Balaban J connectivity index is 1.02. The van der Waals surface area contributed by atoms with Crippen LogP contribution in [0.5, 0.6) is 17.2 Å². The Labute approximate surface area is 368 Å². The van der Waals surface area contributed by atoms with Crippen LogP contribution in [0.2, 0.25) is 5.02 Å². The van der Waals surface area contributed by atoms with E-state index < -0.39 is 79.3 Å². The topological polar surface area (TPSA) is 220 Å². The number of amides is 3. The van der Waals surface area contributed by atoms with Crippen LogP contribution in [0, 0.1) is 12.7 Å². The molecule has 0 atom stereocenters. The number of anilines is 3. The van der Waals surface area contributed by atoms with Crippen LogP contribution >= 0.6 is 27.5 Å². The predicted octanol–water partition coefficient (Wildman–Crippen LogP) is 6.61. The summed E-state index contributed by atoms with van der Waals surface area (Å²) in [5.74, 6) is -6.99. The van der Waals surface area contributed by atoms with Crippen molar-refractivity contribution in [2.75, 3.05) is 35.8 Å². The highest BCUT2D eigenvalue weighted by Gasteiger charge is 2.46. The van der Waals surface area contributed by atoms with E-state index in [1.54, 1.807) is 18.0 Å². The summed E-state index contributed by atoms with van der Waals surface area (Å²) >= 11 is 9.38. The Bertz CT molecular complexity index is 2720. The summed E-state index contributed by atoms with van der Waals surface area (Å²) in [5.41, 5.74) is 0.530. The Morgan fingerprint density at radius 2 is 1.52 bits per heavy atom. The van der Waals surface area contributed by atoms with Gasteiger partial charge in [-0.25, -0.2) is 14.1 Å². The first-order chi connectivity index (χ1) is 30.3. The van der Waals surface area contributed by atoms with Gasteiger partial charge in [0.1, 0.15) is 23.1 Å². The van der Waals surface area contributed by atoms with E-state index in [4.69, 9.17) is 25.8 Å². The van der Waals surface area contributed by atoms with Crippen LogP contribution in [0.4, 0.5) is 48.6 Å². The molecule has 0 spiro atoms. The van der Waals surface area contributed by atoms with Crippen LogP contribution < -0.4 is 34.8 Å². The van der Waals surface area contributed by atoms with Crippen molar-refractivity contribution in [3.05, 3.63) is 92.9 Å². The van der Waals surface area contributed by atoms with Gasteiger partial charge < -0.3 is 19.2 Å². The van der Waals surface area contributed by atoms with Crippen molar-refractivity contribution < 1.29 is 64.0 Å². The van der Waals surface area contributed by atoms with Crippen molar-refractivity contribution in [3.8, 4) is 28.6 Å². The van der Waals surface area contributed by atoms with Gasteiger partial charge in [-0.05, 0) is 72.9 Å². The average molecular weight is 987 g/mol. The fourth-order valence-electron chi connectivity index (χ4n) is 5.90. The summed E-state index contributed by atoms with van der Waals surface area (Å²) in [7, 11) is 0. The van der Waals surface area contributed by atoms with Gasteiger partial charge in [-0.15, -0.1) is 15.3 Å². The number of nitrogens with zero attached hydrogens (tertiary/aromatic N) is 7.